The van der Waals surface area contributed by atoms with Gasteiger partial charge in [-0.2, -0.15) is 0 Å². The van der Waals surface area contributed by atoms with Gasteiger partial charge in [-0.1, -0.05) is 17.4 Å². The molecule has 3 aromatic rings. The summed E-state index contributed by atoms with van der Waals surface area (Å²) >= 11 is 2.61. The summed E-state index contributed by atoms with van der Waals surface area (Å²) in [5, 5.41) is 16.7. The van der Waals surface area contributed by atoms with Crippen molar-refractivity contribution in [3.8, 4) is 0 Å². The smallest absolute Gasteiger partial charge is 0.323 e. The maximum Gasteiger partial charge on any atom is 0.323 e. The Morgan fingerprint density at radius 3 is 2.63 bits per heavy atom. The van der Waals surface area contributed by atoms with E-state index in [2.05, 4.69) is 35.7 Å². The lowest BCUT2D eigenvalue weighted by molar-refractivity contribution is -0.115. The van der Waals surface area contributed by atoms with E-state index in [0.29, 0.717) is 29.0 Å². The van der Waals surface area contributed by atoms with E-state index in [1.165, 1.54) is 22.7 Å². The second kappa shape index (κ2) is 9.13. The zero-order valence-electron chi connectivity index (χ0n) is 16.2. The van der Waals surface area contributed by atoms with Crippen molar-refractivity contribution in [3.05, 3.63) is 40.5 Å². The Bertz CT molecular complexity index is 1010. The number of rotatable bonds is 5. The summed E-state index contributed by atoms with van der Waals surface area (Å²) in [6.45, 7) is 4.47. The molecule has 10 nitrogen and oxygen atoms in total. The Morgan fingerprint density at radius 1 is 1.10 bits per heavy atom. The minimum absolute atomic E-state index is 0.105. The molecule has 30 heavy (non-hydrogen) atoms. The lowest BCUT2D eigenvalue weighted by Crippen LogP contribution is -2.50. The number of thiazole rings is 1. The van der Waals surface area contributed by atoms with Crippen LogP contribution in [0.15, 0.2) is 29.8 Å². The number of nitrogens with zero attached hydrogens (tertiary/aromatic N) is 6. The topological polar surface area (TPSA) is 116 Å². The van der Waals surface area contributed by atoms with Gasteiger partial charge < -0.3 is 15.1 Å². The number of amides is 3. The van der Waals surface area contributed by atoms with Gasteiger partial charge in [-0.3, -0.25) is 10.1 Å². The lowest BCUT2D eigenvalue weighted by atomic mass is 10.3. The molecular formula is C18H20N8O2S2. The van der Waals surface area contributed by atoms with Crippen molar-refractivity contribution in [2.75, 3.05) is 41.7 Å². The maximum absolute atomic E-state index is 12.5. The third-order valence-electron chi connectivity index (χ3n) is 4.42. The minimum Gasteiger partial charge on any atom is -0.353 e. The summed E-state index contributed by atoms with van der Waals surface area (Å²) in [5.74, 6) is 0.698. The number of aromatic nitrogens is 4. The van der Waals surface area contributed by atoms with Crippen LogP contribution in [0.3, 0.4) is 0 Å². The van der Waals surface area contributed by atoms with Crippen LogP contribution in [0.25, 0.3) is 0 Å². The van der Waals surface area contributed by atoms with Crippen molar-refractivity contribution < 1.29 is 9.59 Å². The fourth-order valence-electron chi connectivity index (χ4n) is 2.97. The first-order valence-electron chi connectivity index (χ1n) is 9.33. The van der Waals surface area contributed by atoms with Gasteiger partial charge >= 0.3 is 6.03 Å². The number of nitrogens with one attached hydrogen (secondary N) is 2. The van der Waals surface area contributed by atoms with Gasteiger partial charge in [0.15, 0.2) is 5.13 Å². The summed E-state index contributed by atoms with van der Waals surface area (Å²) in [4.78, 5) is 37.2. The molecule has 0 spiro atoms. The quantitative estimate of drug-likeness (QED) is 0.620. The number of carbonyl (C=O) groups is 2. The van der Waals surface area contributed by atoms with Gasteiger partial charge in [0.1, 0.15) is 10.8 Å². The molecule has 1 aliphatic heterocycles. The lowest BCUT2D eigenvalue weighted by Gasteiger charge is -2.35. The highest BCUT2D eigenvalue weighted by Gasteiger charge is 2.22. The number of pyridine rings is 1. The number of piperazine rings is 1. The molecule has 3 aromatic heterocycles. The van der Waals surface area contributed by atoms with Gasteiger partial charge in [0, 0.05) is 37.8 Å². The number of anilines is 3. The van der Waals surface area contributed by atoms with Gasteiger partial charge in [0.05, 0.1) is 12.1 Å². The molecule has 4 rings (SSSR count). The van der Waals surface area contributed by atoms with E-state index >= 15 is 0 Å². The number of hydrogen-bond donors (Lipinski definition) is 2. The molecule has 0 aromatic carbocycles. The molecular weight excluding hydrogens is 424 g/mol. The second-order valence-corrected chi connectivity index (χ2v) is 8.63. The number of aryl methyl sites for hydroxylation is 1. The average molecular weight is 445 g/mol. The fraction of sp³-hybridized carbons (Fsp3) is 0.333. The number of carbonyl (C=O) groups excluding carboxylic acids is 2. The Labute approximate surface area is 181 Å². The summed E-state index contributed by atoms with van der Waals surface area (Å²) < 4.78 is 0. The average Bonchev–Trinajstić information content (AvgIpc) is 3.37. The van der Waals surface area contributed by atoms with Crippen LogP contribution in [0.4, 0.5) is 20.9 Å². The van der Waals surface area contributed by atoms with Gasteiger partial charge in [-0.05, 0) is 19.1 Å². The van der Waals surface area contributed by atoms with E-state index in [1.54, 1.807) is 16.5 Å². The van der Waals surface area contributed by atoms with Crippen LogP contribution in [0.5, 0.6) is 0 Å². The molecule has 3 amide bonds. The Balaban J connectivity index is 1.25. The Hall–Kier alpha value is -3.12. The van der Waals surface area contributed by atoms with Crippen LogP contribution in [-0.4, -0.2) is 63.2 Å². The van der Waals surface area contributed by atoms with Crippen molar-refractivity contribution in [1.29, 1.82) is 0 Å². The minimum atomic E-state index is -0.222. The fourth-order valence-corrected chi connectivity index (χ4v) is 4.28. The molecule has 0 aliphatic carbocycles. The second-order valence-electron chi connectivity index (χ2n) is 6.59. The highest BCUT2D eigenvalue weighted by molar-refractivity contribution is 7.15. The van der Waals surface area contributed by atoms with Crippen LogP contribution in [-0.2, 0) is 11.2 Å². The maximum atomic E-state index is 12.5. The Kier molecular flexibility index (Phi) is 6.14. The van der Waals surface area contributed by atoms with Gasteiger partial charge in [0.25, 0.3) is 0 Å². The molecule has 1 aliphatic rings. The van der Waals surface area contributed by atoms with E-state index in [9.17, 15) is 9.59 Å². The summed E-state index contributed by atoms with van der Waals surface area (Å²) in [6.07, 6.45) is 1.87. The third-order valence-corrected chi connectivity index (χ3v) is 5.98. The van der Waals surface area contributed by atoms with Crippen LogP contribution in [0.2, 0.25) is 0 Å². The highest BCUT2D eigenvalue weighted by atomic mass is 32.1. The predicted molar refractivity (Wildman–Crippen MR) is 116 cm³/mol. The third kappa shape index (κ3) is 5.07. The predicted octanol–water partition coefficient (Wildman–Crippen LogP) is 2.23. The number of urea groups is 1. The standard InChI is InChI=1S/C18H20N8O2S2/c1-12-23-24-17(30-12)21-15(27)10-13-11-29-16(20-13)22-18(28)26-8-6-25(7-9-26)14-4-2-3-5-19-14/h2-5,11H,6-10H2,1H3,(H,20,22,28)(H,21,24,27). The van der Waals surface area contributed by atoms with E-state index in [1.807, 2.05) is 25.1 Å². The first-order valence-corrected chi connectivity index (χ1v) is 11.0. The monoisotopic (exact) mass is 444 g/mol. The SMILES string of the molecule is Cc1nnc(NC(=O)Cc2csc(NC(=O)N3CCN(c4ccccn4)CC3)n2)s1. The molecule has 0 radical (unpaired) electrons. The van der Waals surface area contributed by atoms with Crippen molar-refractivity contribution >= 4 is 50.7 Å². The zero-order chi connectivity index (χ0) is 20.9. The Morgan fingerprint density at radius 2 is 1.93 bits per heavy atom. The molecule has 156 valence electrons. The molecule has 0 unspecified atom stereocenters. The first-order chi connectivity index (χ1) is 14.6. The van der Waals surface area contributed by atoms with Crippen molar-refractivity contribution in [1.82, 2.24) is 25.1 Å². The van der Waals surface area contributed by atoms with Crippen molar-refractivity contribution in [3.63, 3.8) is 0 Å². The molecule has 0 bridgehead atoms. The van der Waals surface area contributed by atoms with E-state index in [0.717, 1.165) is 23.9 Å². The van der Waals surface area contributed by atoms with Crippen molar-refractivity contribution in [2.24, 2.45) is 0 Å². The van der Waals surface area contributed by atoms with Crippen LogP contribution in [0, 0.1) is 6.92 Å². The summed E-state index contributed by atoms with van der Waals surface area (Å²) in [5.41, 5.74) is 0.592. The molecule has 2 N–H and O–H groups in total. The van der Waals surface area contributed by atoms with Gasteiger partial charge in [-0.25, -0.2) is 14.8 Å². The summed E-state index contributed by atoms with van der Waals surface area (Å²) in [7, 11) is 0. The van der Waals surface area contributed by atoms with Crippen LogP contribution in [0.1, 0.15) is 10.7 Å². The van der Waals surface area contributed by atoms with Gasteiger partial charge in [-0.15, -0.1) is 21.5 Å². The van der Waals surface area contributed by atoms with Gasteiger partial charge in [0.2, 0.25) is 11.0 Å². The van der Waals surface area contributed by atoms with E-state index in [-0.39, 0.29) is 18.4 Å². The summed E-state index contributed by atoms with van der Waals surface area (Å²) in [6, 6.07) is 5.62. The van der Waals surface area contributed by atoms with Crippen LogP contribution >= 0.6 is 22.7 Å². The normalized spacial score (nSPS) is 13.9. The molecule has 0 saturated carbocycles. The largest absolute Gasteiger partial charge is 0.353 e. The molecule has 1 saturated heterocycles. The molecule has 12 heteroatoms. The molecule has 0 atom stereocenters. The molecule has 1 fully saturated rings. The zero-order valence-corrected chi connectivity index (χ0v) is 17.9. The number of hydrogen-bond acceptors (Lipinski definition) is 9. The molecule has 4 heterocycles. The highest BCUT2D eigenvalue weighted by Crippen LogP contribution is 2.19. The van der Waals surface area contributed by atoms with E-state index in [4.69, 9.17) is 0 Å². The van der Waals surface area contributed by atoms with E-state index < -0.39 is 0 Å². The van der Waals surface area contributed by atoms with Crippen LogP contribution < -0.4 is 15.5 Å². The first kappa shape index (κ1) is 20.2. The van der Waals surface area contributed by atoms with Crippen molar-refractivity contribution in [2.45, 2.75) is 13.3 Å².